The molecule has 0 amide bonds. The van der Waals surface area contributed by atoms with Gasteiger partial charge in [-0.2, -0.15) is 0 Å². The number of nitrogens with one attached hydrogen (secondary N) is 3. The topological polar surface area (TPSA) is 116 Å². The zero-order chi connectivity index (χ0) is 23.5. The van der Waals surface area contributed by atoms with E-state index < -0.39 is 6.23 Å². The van der Waals surface area contributed by atoms with Crippen molar-refractivity contribution in [2.75, 3.05) is 29.9 Å². The van der Waals surface area contributed by atoms with E-state index in [2.05, 4.69) is 36.9 Å². The molecule has 3 aliphatic heterocycles. The number of nitrogens with zero attached hydrogens (tertiary/aromatic N) is 6. The van der Waals surface area contributed by atoms with Crippen LogP contribution < -0.4 is 20.9 Å². The van der Waals surface area contributed by atoms with E-state index >= 15 is 0 Å². The van der Waals surface area contributed by atoms with Crippen LogP contribution in [0.1, 0.15) is 23.8 Å². The highest BCUT2D eigenvalue weighted by molar-refractivity contribution is 5.93. The van der Waals surface area contributed by atoms with Crippen molar-refractivity contribution in [1.82, 2.24) is 35.1 Å². The molecule has 3 aliphatic rings. The molecule has 4 N–H and O–H groups in total. The second kappa shape index (κ2) is 7.98. The number of hydrogen-bond donors (Lipinski definition) is 4. The fraction of sp³-hybridized carbons (Fsp3) is 0.360. The predicted molar refractivity (Wildman–Crippen MR) is 133 cm³/mol. The Morgan fingerprint density at radius 1 is 1.14 bits per heavy atom. The van der Waals surface area contributed by atoms with Gasteiger partial charge >= 0.3 is 0 Å². The zero-order valence-electron chi connectivity index (χ0n) is 19.4. The molecular formula is C25H27N9O. The van der Waals surface area contributed by atoms with Crippen LogP contribution in [-0.4, -0.2) is 55.3 Å². The molecule has 2 fully saturated rings. The third-order valence-electron chi connectivity index (χ3n) is 7.62. The van der Waals surface area contributed by atoms with E-state index in [9.17, 15) is 5.11 Å². The van der Waals surface area contributed by atoms with Gasteiger partial charge in [0.2, 0.25) is 0 Å². The Morgan fingerprint density at radius 3 is 3.03 bits per heavy atom. The van der Waals surface area contributed by atoms with Crippen molar-refractivity contribution < 1.29 is 5.11 Å². The predicted octanol–water partition coefficient (Wildman–Crippen LogP) is 2.06. The zero-order valence-corrected chi connectivity index (χ0v) is 19.4. The first-order valence-electron chi connectivity index (χ1n) is 12.1. The summed E-state index contributed by atoms with van der Waals surface area (Å²) in [5.74, 6) is 2.20. The molecular weight excluding hydrogens is 442 g/mol. The second-order valence-electron chi connectivity index (χ2n) is 9.57. The maximum Gasteiger partial charge on any atom is 0.151 e. The number of aliphatic hydroxyl groups is 1. The van der Waals surface area contributed by atoms with Crippen LogP contribution in [0.15, 0.2) is 43.1 Å². The first kappa shape index (κ1) is 20.7. The molecule has 0 bridgehead atoms. The molecule has 4 aromatic rings. The van der Waals surface area contributed by atoms with Crippen LogP contribution in [0.5, 0.6) is 0 Å². The number of fused-ring (bicyclic) bond motifs is 3. The van der Waals surface area contributed by atoms with Crippen LogP contribution >= 0.6 is 0 Å². The van der Waals surface area contributed by atoms with Gasteiger partial charge in [-0.3, -0.25) is 15.3 Å². The third-order valence-corrected chi connectivity index (χ3v) is 7.62. The van der Waals surface area contributed by atoms with Crippen molar-refractivity contribution in [2.45, 2.75) is 25.2 Å². The molecule has 0 spiro atoms. The van der Waals surface area contributed by atoms with E-state index in [0.29, 0.717) is 24.3 Å². The summed E-state index contributed by atoms with van der Waals surface area (Å²) < 4.78 is 2.00. The van der Waals surface area contributed by atoms with E-state index in [1.165, 1.54) is 6.42 Å². The Hall–Kier alpha value is -3.60. The highest BCUT2D eigenvalue weighted by Gasteiger charge is 2.38. The number of aromatic nitrogens is 5. The average Bonchev–Trinajstić information content (AvgIpc) is 3.65. The van der Waals surface area contributed by atoms with Gasteiger partial charge in [0, 0.05) is 73.7 Å². The van der Waals surface area contributed by atoms with Gasteiger partial charge in [0.15, 0.2) is 5.82 Å². The number of rotatable bonds is 4. The summed E-state index contributed by atoms with van der Waals surface area (Å²) >= 11 is 0. The van der Waals surface area contributed by atoms with Crippen molar-refractivity contribution >= 4 is 28.4 Å². The summed E-state index contributed by atoms with van der Waals surface area (Å²) in [6, 6.07) is 4.52. The normalized spacial score (nSPS) is 23.1. The molecule has 0 saturated carbocycles. The molecule has 7 heterocycles. The Bertz CT molecular complexity index is 1430. The van der Waals surface area contributed by atoms with E-state index in [4.69, 9.17) is 9.97 Å². The summed E-state index contributed by atoms with van der Waals surface area (Å²) in [5, 5.41) is 21.9. The van der Waals surface area contributed by atoms with Crippen molar-refractivity contribution in [3.8, 4) is 11.3 Å². The van der Waals surface area contributed by atoms with Crippen LogP contribution in [0.3, 0.4) is 0 Å². The molecule has 1 unspecified atom stereocenters. The average molecular weight is 470 g/mol. The fourth-order valence-electron chi connectivity index (χ4n) is 5.89. The number of anilines is 3. The lowest BCUT2D eigenvalue weighted by Gasteiger charge is -2.24. The van der Waals surface area contributed by atoms with Gasteiger partial charge in [-0.05, 0) is 24.5 Å². The highest BCUT2D eigenvalue weighted by Crippen LogP contribution is 2.39. The minimum absolute atomic E-state index is 0.478. The quantitative estimate of drug-likeness (QED) is 0.356. The molecule has 35 heavy (non-hydrogen) atoms. The second-order valence-corrected chi connectivity index (χ2v) is 9.57. The standard InChI is InChI=1S/C25H27N9O/c1-33-6-4-16-15(2-5-28-24(16)33)23-17-9-30-25(35)22(17)18(10-29-23)31-20-12-27-13-21(32-20)34-7-3-14-8-26-11-19(14)34/h2,4-6,10,12-14,19,25-26,30,35H,3,7-9,11H2,1H3,(H,31,32)/t14-,19+,25?/m0/s1. The van der Waals surface area contributed by atoms with Gasteiger partial charge in [0.25, 0.3) is 0 Å². The van der Waals surface area contributed by atoms with Crippen molar-refractivity contribution in [1.29, 1.82) is 0 Å². The summed E-state index contributed by atoms with van der Waals surface area (Å²) in [6.45, 7) is 3.60. The van der Waals surface area contributed by atoms with Crippen LogP contribution in [0.25, 0.3) is 22.3 Å². The van der Waals surface area contributed by atoms with E-state index in [0.717, 1.165) is 64.6 Å². The minimum Gasteiger partial charge on any atom is -0.374 e. The summed E-state index contributed by atoms with van der Waals surface area (Å²) in [7, 11) is 1.98. The fourth-order valence-corrected chi connectivity index (χ4v) is 5.89. The number of aliphatic hydroxyl groups excluding tert-OH is 1. The van der Waals surface area contributed by atoms with Gasteiger partial charge in [-0.1, -0.05) is 0 Å². The Labute approximate surface area is 202 Å². The maximum atomic E-state index is 10.8. The van der Waals surface area contributed by atoms with Crippen LogP contribution in [-0.2, 0) is 13.6 Å². The molecule has 178 valence electrons. The first-order chi connectivity index (χ1) is 17.2. The molecule has 7 rings (SSSR count). The summed E-state index contributed by atoms with van der Waals surface area (Å²) in [6.07, 6.45) is 9.53. The molecule has 0 radical (unpaired) electrons. The van der Waals surface area contributed by atoms with Crippen LogP contribution in [0, 0.1) is 5.92 Å². The minimum atomic E-state index is -0.789. The van der Waals surface area contributed by atoms with E-state index in [1.807, 2.05) is 30.1 Å². The third kappa shape index (κ3) is 3.28. The highest BCUT2D eigenvalue weighted by atomic mass is 16.3. The van der Waals surface area contributed by atoms with Crippen molar-refractivity contribution in [3.05, 3.63) is 54.2 Å². The molecule has 3 atom stereocenters. The monoisotopic (exact) mass is 469 g/mol. The largest absolute Gasteiger partial charge is 0.374 e. The van der Waals surface area contributed by atoms with Crippen LogP contribution in [0.4, 0.5) is 17.3 Å². The SMILES string of the molecule is Cn1ccc2c(-c3ncc(Nc4cncc(N5CC[C@H]6CNC[C@H]65)n4)c4c3CNC4O)ccnc21. The van der Waals surface area contributed by atoms with Crippen molar-refractivity contribution in [3.63, 3.8) is 0 Å². The Morgan fingerprint density at radius 2 is 2.09 bits per heavy atom. The van der Waals surface area contributed by atoms with Gasteiger partial charge in [0.1, 0.15) is 17.7 Å². The van der Waals surface area contributed by atoms with Gasteiger partial charge in [0.05, 0.1) is 30.0 Å². The number of aryl methyl sites for hydroxylation is 1. The Balaban J connectivity index is 1.25. The van der Waals surface area contributed by atoms with Gasteiger partial charge < -0.3 is 25.2 Å². The Kier molecular flexibility index (Phi) is 4.73. The van der Waals surface area contributed by atoms with Gasteiger partial charge in [-0.25, -0.2) is 9.97 Å². The smallest absolute Gasteiger partial charge is 0.151 e. The molecule has 0 aromatic carbocycles. The lowest BCUT2D eigenvalue weighted by atomic mass is 10.00. The first-order valence-corrected chi connectivity index (χ1v) is 12.1. The van der Waals surface area contributed by atoms with Crippen LogP contribution in [0.2, 0.25) is 0 Å². The summed E-state index contributed by atoms with van der Waals surface area (Å²) in [5.41, 5.74) is 5.26. The number of hydrogen-bond acceptors (Lipinski definition) is 9. The lowest BCUT2D eigenvalue weighted by molar-refractivity contribution is 0.152. The molecule has 10 heteroatoms. The lowest BCUT2D eigenvalue weighted by Crippen LogP contribution is -2.34. The van der Waals surface area contributed by atoms with E-state index in [1.54, 1.807) is 18.6 Å². The molecule has 2 saturated heterocycles. The van der Waals surface area contributed by atoms with Gasteiger partial charge in [-0.15, -0.1) is 0 Å². The summed E-state index contributed by atoms with van der Waals surface area (Å²) in [4.78, 5) is 21.0. The molecule has 4 aromatic heterocycles. The maximum absolute atomic E-state index is 10.8. The molecule has 10 nitrogen and oxygen atoms in total. The number of pyridine rings is 2. The van der Waals surface area contributed by atoms with Crippen molar-refractivity contribution in [2.24, 2.45) is 13.0 Å². The van der Waals surface area contributed by atoms with E-state index in [-0.39, 0.29) is 0 Å². The molecule has 0 aliphatic carbocycles.